The number of aromatic nitrogens is 1. The molecule has 1 aromatic heterocycles. The second kappa shape index (κ2) is 8.42. The van der Waals surface area contributed by atoms with Gasteiger partial charge >= 0.3 is 0 Å². The Balaban J connectivity index is 1.68. The van der Waals surface area contributed by atoms with Crippen LogP contribution < -0.4 is 10.1 Å². The topological polar surface area (TPSA) is 51.2 Å². The molecule has 0 aliphatic carbocycles. The molecule has 0 spiro atoms. The Labute approximate surface area is 171 Å². The fourth-order valence-corrected chi connectivity index (χ4v) is 3.10. The van der Waals surface area contributed by atoms with Crippen molar-refractivity contribution in [1.82, 2.24) is 10.3 Å². The monoisotopic (exact) mass is 414 g/mol. The third-order valence-electron chi connectivity index (χ3n) is 3.53. The van der Waals surface area contributed by atoms with Crippen molar-refractivity contribution >= 4 is 28.8 Å². The predicted molar refractivity (Wildman–Crippen MR) is 108 cm³/mol. The van der Waals surface area contributed by atoms with Gasteiger partial charge in [0.05, 0.1) is 22.3 Å². The van der Waals surface area contributed by atoms with Crippen LogP contribution in [0.3, 0.4) is 0 Å². The van der Waals surface area contributed by atoms with E-state index in [0.717, 1.165) is 0 Å². The zero-order chi connectivity index (χ0) is 20.1. The van der Waals surface area contributed by atoms with Crippen LogP contribution in [-0.2, 0) is 0 Å². The first-order valence-electron chi connectivity index (χ1n) is 8.32. The standard InChI is InChI=1S/C21H16ClFN2O2S/c1-21(2,25-19(26)17-8-3-4-9-18(17)22)11-10-16-13-24-20(28-16)27-15-7-5-6-14(23)12-15/h3-9,12-13H,1-2H3,(H,25,26). The normalized spacial score (nSPS) is 10.7. The van der Waals surface area contributed by atoms with E-state index in [-0.39, 0.29) is 11.7 Å². The van der Waals surface area contributed by atoms with Gasteiger partial charge in [0.1, 0.15) is 16.4 Å². The second-order valence-electron chi connectivity index (χ2n) is 6.36. The Morgan fingerprint density at radius 3 is 2.79 bits per heavy atom. The largest absolute Gasteiger partial charge is 0.431 e. The van der Waals surface area contributed by atoms with E-state index in [2.05, 4.69) is 22.1 Å². The maximum atomic E-state index is 13.2. The second-order valence-corrected chi connectivity index (χ2v) is 7.76. The summed E-state index contributed by atoms with van der Waals surface area (Å²) in [6.45, 7) is 3.58. The summed E-state index contributed by atoms with van der Waals surface area (Å²) < 4.78 is 18.7. The zero-order valence-corrected chi connectivity index (χ0v) is 16.7. The van der Waals surface area contributed by atoms with Crippen molar-refractivity contribution in [2.75, 3.05) is 0 Å². The van der Waals surface area contributed by atoms with Gasteiger partial charge in [0.25, 0.3) is 11.1 Å². The van der Waals surface area contributed by atoms with Gasteiger partial charge in [-0.3, -0.25) is 4.79 Å². The van der Waals surface area contributed by atoms with Crippen LogP contribution in [0.5, 0.6) is 10.9 Å². The lowest BCUT2D eigenvalue weighted by Crippen LogP contribution is -2.42. The van der Waals surface area contributed by atoms with Gasteiger partial charge in [-0.1, -0.05) is 53.0 Å². The van der Waals surface area contributed by atoms with Crippen molar-refractivity contribution in [3.8, 4) is 22.8 Å². The predicted octanol–water partition coefficient (Wildman–Crippen LogP) is 5.29. The van der Waals surface area contributed by atoms with Gasteiger partial charge in [0, 0.05) is 6.07 Å². The molecule has 7 heteroatoms. The molecule has 0 unspecified atom stereocenters. The highest BCUT2D eigenvalue weighted by atomic mass is 35.5. The fraction of sp³-hybridized carbons (Fsp3) is 0.143. The van der Waals surface area contributed by atoms with Crippen LogP contribution >= 0.6 is 22.9 Å². The highest BCUT2D eigenvalue weighted by Gasteiger charge is 2.20. The van der Waals surface area contributed by atoms with E-state index in [0.29, 0.717) is 26.4 Å². The molecule has 0 saturated heterocycles. The summed E-state index contributed by atoms with van der Waals surface area (Å²) in [5, 5.41) is 3.59. The van der Waals surface area contributed by atoms with Gasteiger partial charge in [0.2, 0.25) is 0 Å². The molecule has 0 atom stereocenters. The summed E-state index contributed by atoms with van der Waals surface area (Å²) >= 11 is 7.29. The number of hydrogen-bond donors (Lipinski definition) is 1. The Hall–Kier alpha value is -2.88. The third kappa shape index (κ3) is 5.32. The highest BCUT2D eigenvalue weighted by Crippen LogP contribution is 2.26. The lowest BCUT2D eigenvalue weighted by molar-refractivity contribution is 0.0930. The molecule has 0 fully saturated rings. The number of rotatable bonds is 4. The number of benzene rings is 2. The van der Waals surface area contributed by atoms with Crippen molar-refractivity contribution < 1.29 is 13.9 Å². The molecule has 1 heterocycles. The van der Waals surface area contributed by atoms with Gasteiger partial charge in [-0.2, -0.15) is 0 Å². The number of nitrogens with zero attached hydrogens (tertiary/aromatic N) is 1. The molecule has 0 radical (unpaired) electrons. The van der Waals surface area contributed by atoms with Crippen LogP contribution in [0.15, 0.2) is 54.7 Å². The molecular weight excluding hydrogens is 399 g/mol. The number of halogens is 2. The van der Waals surface area contributed by atoms with Crippen molar-refractivity contribution in [2.45, 2.75) is 19.4 Å². The van der Waals surface area contributed by atoms with Gasteiger partial charge < -0.3 is 10.1 Å². The van der Waals surface area contributed by atoms with Crippen LogP contribution in [0.4, 0.5) is 4.39 Å². The molecule has 28 heavy (non-hydrogen) atoms. The van der Waals surface area contributed by atoms with Crippen LogP contribution in [0, 0.1) is 17.7 Å². The summed E-state index contributed by atoms with van der Waals surface area (Å²) in [5.74, 6) is 5.67. The van der Waals surface area contributed by atoms with E-state index in [1.165, 1.54) is 23.5 Å². The minimum atomic E-state index is -0.788. The Morgan fingerprint density at radius 2 is 2.04 bits per heavy atom. The van der Waals surface area contributed by atoms with Crippen molar-refractivity contribution in [3.05, 3.63) is 76.0 Å². The lowest BCUT2D eigenvalue weighted by Gasteiger charge is -2.20. The molecule has 142 valence electrons. The van der Waals surface area contributed by atoms with Crippen LogP contribution in [0.25, 0.3) is 0 Å². The van der Waals surface area contributed by atoms with Gasteiger partial charge in [-0.25, -0.2) is 9.37 Å². The van der Waals surface area contributed by atoms with Crippen molar-refractivity contribution in [1.29, 1.82) is 0 Å². The summed E-state index contributed by atoms with van der Waals surface area (Å²) in [7, 11) is 0. The van der Waals surface area contributed by atoms with E-state index < -0.39 is 5.54 Å². The van der Waals surface area contributed by atoms with E-state index in [1.807, 2.05) is 0 Å². The maximum absolute atomic E-state index is 13.2. The van der Waals surface area contributed by atoms with Crippen molar-refractivity contribution in [2.24, 2.45) is 0 Å². The third-order valence-corrected chi connectivity index (χ3v) is 4.65. The Morgan fingerprint density at radius 1 is 1.25 bits per heavy atom. The highest BCUT2D eigenvalue weighted by molar-refractivity contribution is 7.13. The number of thiazole rings is 1. The first-order valence-corrected chi connectivity index (χ1v) is 9.51. The number of ether oxygens (including phenoxy) is 1. The maximum Gasteiger partial charge on any atom is 0.279 e. The zero-order valence-electron chi connectivity index (χ0n) is 15.1. The molecule has 2 aromatic carbocycles. The van der Waals surface area contributed by atoms with E-state index in [1.54, 1.807) is 56.4 Å². The average molecular weight is 415 g/mol. The first kappa shape index (κ1) is 19.9. The smallest absolute Gasteiger partial charge is 0.279 e. The molecule has 3 rings (SSSR count). The molecule has 1 amide bonds. The SMILES string of the molecule is CC(C)(C#Cc1cnc(Oc2cccc(F)c2)s1)NC(=O)c1ccccc1Cl. The molecule has 0 saturated carbocycles. The van der Waals surface area contributed by atoms with Gasteiger partial charge in [-0.05, 0) is 38.1 Å². The molecule has 4 nitrogen and oxygen atoms in total. The van der Waals surface area contributed by atoms with E-state index in [9.17, 15) is 9.18 Å². The van der Waals surface area contributed by atoms with Crippen molar-refractivity contribution in [3.63, 3.8) is 0 Å². The summed E-state index contributed by atoms with van der Waals surface area (Å²) in [6.07, 6.45) is 1.57. The molecule has 0 aliphatic heterocycles. The van der Waals surface area contributed by atoms with Crippen LogP contribution in [0.1, 0.15) is 29.1 Å². The minimum Gasteiger partial charge on any atom is -0.431 e. The molecule has 0 bridgehead atoms. The quantitative estimate of drug-likeness (QED) is 0.590. The average Bonchev–Trinajstić information content (AvgIpc) is 3.07. The summed E-state index contributed by atoms with van der Waals surface area (Å²) in [5.41, 5.74) is -0.397. The van der Waals surface area contributed by atoms with Crippen LogP contribution in [0.2, 0.25) is 5.02 Å². The summed E-state index contributed by atoms with van der Waals surface area (Å²) in [4.78, 5) is 17.2. The molecule has 3 aromatic rings. The first-order chi connectivity index (χ1) is 13.3. The van der Waals surface area contributed by atoms with E-state index in [4.69, 9.17) is 16.3 Å². The number of nitrogens with one attached hydrogen (secondary N) is 1. The lowest BCUT2D eigenvalue weighted by atomic mass is 10.1. The number of hydrogen-bond acceptors (Lipinski definition) is 4. The fourth-order valence-electron chi connectivity index (χ4n) is 2.24. The molecular formula is C21H16ClFN2O2S. The summed E-state index contributed by atoms with van der Waals surface area (Å²) in [6, 6.07) is 12.6. The number of carbonyl (C=O) groups is 1. The molecule has 1 N–H and O–H groups in total. The number of carbonyl (C=O) groups excluding carboxylic acids is 1. The van der Waals surface area contributed by atoms with Crippen LogP contribution in [-0.4, -0.2) is 16.4 Å². The Bertz CT molecular complexity index is 1070. The number of amides is 1. The van der Waals surface area contributed by atoms with Gasteiger partial charge in [0.15, 0.2) is 0 Å². The minimum absolute atomic E-state index is 0.302. The van der Waals surface area contributed by atoms with E-state index >= 15 is 0 Å². The molecule has 0 aliphatic rings. The Kier molecular flexibility index (Phi) is 5.98. The van der Waals surface area contributed by atoms with Gasteiger partial charge in [-0.15, -0.1) is 0 Å².